The van der Waals surface area contributed by atoms with E-state index in [9.17, 15) is 18.8 Å². The Morgan fingerprint density at radius 2 is 2.10 bits per heavy atom. The summed E-state index contributed by atoms with van der Waals surface area (Å²) in [4.78, 5) is 11.2. The lowest BCUT2D eigenvalue weighted by Gasteiger charge is -2.16. The summed E-state index contributed by atoms with van der Waals surface area (Å²) in [5, 5.41) is 12.6. The van der Waals surface area contributed by atoms with Gasteiger partial charge < -0.3 is 20.5 Å². The number of hydrogen-bond donors (Lipinski definition) is 2. The van der Waals surface area contributed by atoms with Crippen molar-refractivity contribution in [1.82, 2.24) is 0 Å². The van der Waals surface area contributed by atoms with E-state index in [0.29, 0.717) is 48.1 Å². The zero-order chi connectivity index (χ0) is 21.2. The third-order valence-corrected chi connectivity index (χ3v) is 4.39. The van der Waals surface area contributed by atoms with Crippen molar-refractivity contribution >= 4 is 11.6 Å². The first kappa shape index (κ1) is 20.1. The number of nitriles is 1. The molecule has 8 heteroatoms. The molecule has 0 saturated heterocycles. The van der Waals surface area contributed by atoms with Crippen LogP contribution in [0.4, 0.5) is 14.5 Å². The van der Waals surface area contributed by atoms with Crippen LogP contribution in [-0.4, -0.2) is 25.2 Å². The first-order valence-electron chi connectivity index (χ1n) is 8.81. The Bertz CT molecular complexity index is 1010. The number of hydrogen-bond acceptors (Lipinski definition) is 5. The summed E-state index contributed by atoms with van der Waals surface area (Å²) in [6, 6.07) is 10.0. The number of ether oxygens (including phenoxy) is 2. The Morgan fingerprint density at radius 1 is 1.41 bits per heavy atom. The standard InChI is InChI=1S/C21H19F2N3O3/c1-12(20(25)27)11-26-18-9-16(19-15(7-8-28-19)17(18)10-24)13-3-5-14(6-4-13)29-21(2,22)23/h3-6,9,26H,1,7-8,11H2,2H3,(H2,25,27). The number of fused-ring (bicyclic) bond motifs is 1. The first-order chi connectivity index (χ1) is 13.7. The number of anilines is 1. The number of carbonyl (C=O) groups excluding carboxylic acids is 1. The SMILES string of the molecule is C=C(CNc1cc(-c2ccc(OC(C)(F)F)cc2)c2c(c1C#N)CCO2)C(N)=O. The molecule has 3 rings (SSSR count). The Hall–Kier alpha value is -3.60. The van der Waals surface area contributed by atoms with Crippen molar-refractivity contribution < 1.29 is 23.0 Å². The van der Waals surface area contributed by atoms with Gasteiger partial charge in [0.25, 0.3) is 0 Å². The number of halogens is 2. The van der Waals surface area contributed by atoms with Crippen molar-refractivity contribution in [2.75, 3.05) is 18.5 Å². The van der Waals surface area contributed by atoms with E-state index in [1.807, 2.05) is 0 Å². The maximum atomic E-state index is 13.0. The quantitative estimate of drug-likeness (QED) is 0.694. The average molecular weight is 399 g/mol. The van der Waals surface area contributed by atoms with E-state index in [4.69, 9.17) is 10.5 Å². The molecule has 0 bridgehead atoms. The van der Waals surface area contributed by atoms with Crippen LogP contribution in [-0.2, 0) is 11.2 Å². The highest BCUT2D eigenvalue weighted by molar-refractivity contribution is 5.92. The van der Waals surface area contributed by atoms with Crippen molar-refractivity contribution in [3.8, 4) is 28.7 Å². The predicted molar refractivity (Wildman–Crippen MR) is 104 cm³/mol. The van der Waals surface area contributed by atoms with Crippen LogP contribution in [0.5, 0.6) is 11.5 Å². The summed E-state index contributed by atoms with van der Waals surface area (Å²) in [7, 11) is 0. The molecule has 1 aliphatic heterocycles. The van der Waals surface area contributed by atoms with Gasteiger partial charge in [0.15, 0.2) is 0 Å². The number of rotatable bonds is 7. The lowest BCUT2D eigenvalue weighted by molar-refractivity contribution is -0.158. The fourth-order valence-electron chi connectivity index (χ4n) is 3.06. The van der Waals surface area contributed by atoms with Crippen molar-refractivity contribution in [3.05, 3.63) is 53.6 Å². The van der Waals surface area contributed by atoms with E-state index >= 15 is 0 Å². The summed E-state index contributed by atoms with van der Waals surface area (Å²) >= 11 is 0. The molecule has 150 valence electrons. The predicted octanol–water partition coefficient (Wildman–Crippen LogP) is 3.61. The normalized spacial score (nSPS) is 12.5. The number of primary amides is 1. The van der Waals surface area contributed by atoms with Gasteiger partial charge >= 0.3 is 6.11 Å². The van der Waals surface area contributed by atoms with Gasteiger partial charge in [-0.15, -0.1) is 0 Å². The number of nitrogens with zero attached hydrogens (tertiary/aromatic N) is 1. The number of carbonyl (C=O) groups is 1. The van der Waals surface area contributed by atoms with Crippen LogP contribution in [0, 0.1) is 11.3 Å². The van der Waals surface area contributed by atoms with Gasteiger partial charge in [-0.05, 0) is 23.8 Å². The number of alkyl halides is 2. The number of nitrogens with two attached hydrogens (primary N) is 1. The van der Waals surface area contributed by atoms with E-state index in [1.165, 1.54) is 12.1 Å². The van der Waals surface area contributed by atoms with Crippen molar-refractivity contribution in [2.24, 2.45) is 5.73 Å². The zero-order valence-electron chi connectivity index (χ0n) is 15.7. The lowest BCUT2D eigenvalue weighted by Crippen LogP contribution is -2.19. The van der Waals surface area contributed by atoms with Crippen molar-refractivity contribution in [3.63, 3.8) is 0 Å². The molecule has 29 heavy (non-hydrogen) atoms. The Balaban J connectivity index is 1.99. The second kappa shape index (κ2) is 7.80. The fraction of sp³-hybridized carbons (Fsp3) is 0.238. The van der Waals surface area contributed by atoms with Crippen LogP contribution in [0.2, 0.25) is 0 Å². The third kappa shape index (κ3) is 4.46. The molecule has 6 nitrogen and oxygen atoms in total. The van der Waals surface area contributed by atoms with Gasteiger partial charge in [-0.25, -0.2) is 0 Å². The Kier molecular flexibility index (Phi) is 5.41. The number of nitrogens with one attached hydrogen (secondary N) is 1. The van der Waals surface area contributed by atoms with E-state index in [1.54, 1.807) is 18.2 Å². The highest BCUT2D eigenvalue weighted by Gasteiger charge is 2.26. The van der Waals surface area contributed by atoms with Crippen molar-refractivity contribution in [1.29, 1.82) is 5.26 Å². The summed E-state index contributed by atoms with van der Waals surface area (Å²) in [6.07, 6.45) is -2.72. The van der Waals surface area contributed by atoms with Gasteiger partial charge in [-0.3, -0.25) is 4.79 Å². The van der Waals surface area contributed by atoms with Gasteiger partial charge in [0.05, 0.1) is 17.9 Å². The number of amides is 1. The topological polar surface area (TPSA) is 97.4 Å². The molecule has 2 aromatic carbocycles. The van der Waals surface area contributed by atoms with E-state index in [0.717, 1.165) is 5.56 Å². The first-order valence-corrected chi connectivity index (χ1v) is 8.81. The smallest absolute Gasteiger partial charge is 0.394 e. The fourth-order valence-corrected chi connectivity index (χ4v) is 3.06. The summed E-state index contributed by atoms with van der Waals surface area (Å²) in [5.41, 5.74) is 8.46. The molecule has 0 saturated carbocycles. The minimum Gasteiger partial charge on any atom is -0.492 e. The van der Waals surface area contributed by atoms with Crippen LogP contribution in [0.25, 0.3) is 11.1 Å². The van der Waals surface area contributed by atoms with Gasteiger partial charge in [0.2, 0.25) is 5.91 Å². The molecule has 3 N–H and O–H groups in total. The maximum Gasteiger partial charge on any atom is 0.394 e. The van der Waals surface area contributed by atoms with Crippen molar-refractivity contribution in [2.45, 2.75) is 19.5 Å². The maximum absolute atomic E-state index is 13.0. The average Bonchev–Trinajstić information content (AvgIpc) is 3.14. The van der Waals surface area contributed by atoms with E-state index < -0.39 is 12.0 Å². The van der Waals surface area contributed by atoms with Gasteiger partial charge in [0.1, 0.15) is 17.6 Å². The molecule has 1 aliphatic rings. The Labute approximate surface area is 166 Å². The van der Waals surface area contributed by atoms with Crippen LogP contribution >= 0.6 is 0 Å². The molecular formula is C21H19F2N3O3. The molecule has 0 spiro atoms. The summed E-state index contributed by atoms with van der Waals surface area (Å²) < 4.78 is 36.4. The molecule has 0 unspecified atom stereocenters. The second-order valence-corrected chi connectivity index (χ2v) is 6.62. The molecule has 0 fully saturated rings. The molecule has 0 aliphatic carbocycles. The molecule has 1 heterocycles. The Morgan fingerprint density at radius 3 is 2.69 bits per heavy atom. The molecule has 1 amide bonds. The monoisotopic (exact) mass is 399 g/mol. The number of benzene rings is 2. The summed E-state index contributed by atoms with van der Waals surface area (Å²) in [6.45, 7) is 4.78. The van der Waals surface area contributed by atoms with Crippen LogP contribution in [0.3, 0.4) is 0 Å². The highest BCUT2D eigenvalue weighted by Crippen LogP contribution is 2.42. The molecule has 0 radical (unpaired) electrons. The molecule has 2 aromatic rings. The molecular weight excluding hydrogens is 380 g/mol. The summed E-state index contributed by atoms with van der Waals surface area (Å²) in [5.74, 6) is -0.0251. The molecule has 0 atom stereocenters. The van der Waals surface area contributed by atoms with Crippen LogP contribution in [0.15, 0.2) is 42.5 Å². The highest BCUT2D eigenvalue weighted by atomic mass is 19.3. The largest absolute Gasteiger partial charge is 0.492 e. The zero-order valence-corrected chi connectivity index (χ0v) is 15.7. The van der Waals surface area contributed by atoms with Crippen LogP contribution < -0.4 is 20.5 Å². The van der Waals surface area contributed by atoms with Gasteiger partial charge in [0, 0.05) is 36.6 Å². The minimum absolute atomic E-state index is 0.0311. The minimum atomic E-state index is -3.28. The van der Waals surface area contributed by atoms with E-state index in [2.05, 4.69) is 22.7 Å². The third-order valence-electron chi connectivity index (χ3n) is 4.39. The van der Waals surface area contributed by atoms with E-state index in [-0.39, 0.29) is 17.9 Å². The van der Waals surface area contributed by atoms with Gasteiger partial charge in [-0.1, -0.05) is 18.7 Å². The van der Waals surface area contributed by atoms with Crippen LogP contribution in [0.1, 0.15) is 18.1 Å². The second-order valence-electron chi connectivity index (χ2n) is 6.62. The van der Waals surface area contributed by atoms with Gasteiger partial charge in [-0.2, -0.15) is 14.0 Å². The lowest BCUT2D eigenvalue weighted by atomic mass is 9.95. The molecule has 0 aromatic heterocycles.